The summed E-state index contributed by atoms with van der Waals surface area (Å²) >= 11 is 12.0. The summed E-state index contributed by atoms with van der Waals surface area (Å²) < 4.78 is 5.43. The Balaban J connectivity index is 2.38. The molecule has 0 aliphatic heterocycles. The van der Waals surface area contributed by atoms with E-state index in [2.05, 4.69) is 26.1 Å². The van der Waals surface area contributed by atoms with Gasteiger partial charge in [-0.2, -0.15) is 0 Å². The predicted molar refractivity (Wildman–Crippen MR) is 83.3 cm³/mol. The van der Waals surface area contributed by atoms with Crippen molar-refractivity contribution in [3.8, 4) is 0 Å². The Kier molecular flexibility index (Phi) is 6.61. The third-order valence-electron chi connectivity index (χ3n) is 3.25. The molecule has 0 amide bonds. The Hall–Kier alpha value is -0.280. The average molecular weight is 304 g/mol. The molecule has 1 atom stereocenters. The van der Waals surface area contributed by atoms with E-state index in [1.165, 1.54) is 0 Å². The second-order valence-corrected chi connectivity index (χ2v) is 6.35. The van der Waals surface area contributed by atoms with Gasteiger partial charge >= 0.3 is 0 Å². The first-order valence-corrected chi connectivity index (χ1v) is 7.32. The van der Waals surface area contributed by atoms with E-state index >= 15 is 0 Å². The summed E-state index contributed by atoms with van der Waals surface area (Å²) in [7, 11) is 1.75. The molecule has 0 saturated carbocycles. The predicted octanol–water partition coefficient (Wildman–Crippen LogP) is 4.33. The van der Waals surface area contributed by atoms with Crippen molar-refractivity contribution < 1.29 is 4.74 Å². The standard InChI is InChI=1S/C15H23Cl2NO/c1-11(10-15(2,3)19-4)18-8-7-12-5-6-13(16)9-14(12)17/h5-6,9,11,18H,7-8,10H2,1-4H3. The fraction of sp³-hybridized carbons (Fsp3) is 0.600. The van der Waals surface area contributed by atoms with Crippen molar-refractivity contribution >= 4 is 23.2 Å². The maximum absolute atomic E-state index is 6.14. The molecular formula is C15H23Cl2NO. The lowest BCUT2D eigenvalue weighted by Gasteiger charge is -2.27. The van der Waals surface area contributed by atoms with Crippen LogP contribution >= 0.6 is 23.2 Å². The monoisotopic (exact) mass is 303 g/mol. The van der Waals surface area contributed by atoms with Crippen LogP contribution in [0, 0.1) is 0 Å². The summed E-state index contributed by atoms with van der Waals surface area (Å²) in [5.74, 6) is 0. The molecule has 4 heteroatoms. The van der Waals surface area contributed by atoms with Gasteiger partial charge in [-0.25, -0.2) is 0 Å². The molecule has 1 N–H and O–H groups in total. The van der Waals surface area contributed by atoms with Crippen molar-refractivity contribution in [2.45, 2.75) is 45.3 Å². The van der Waals surface area contributed by atoms with Crippen LogP contribution in [0.25, 0.3) is 0 Å². The number of methoxy groups -OCH3 is 1. The lowest BCUT2D eigenvalue weighted by molar-refractivity contribution is 0.00865. The highest BCUT2D eigenvalue weighted by Gasteiger charge is 2.19. The smallest absolute Gasteiger partial charge is 0.0637 e. The van der Waals surface area contributed by atoms with Gasteiger partial charge in [0.2, 0.25) is 0 Å². The molecule has 2 nitrogen and oxygen atoms in total. The third kappa shape index (κ3) is 6.13. The van der Waals surface area contributed by atoms with Crippen LogP contribution in [-0.4, -0.2) is 25.3 Å². The zero-order valence-corrected chi connectivity index (χ0v) is 13.6. The number of ether oxygens (including phenoxy) is 1. The molecule has 0 heterocycles. The third-order valence-corrected chi connectivity index (χ3v) is 3.84. The number of nitrogens with one attached hydrogen (secondary N) is 1. The van der Waals surface area contributed by atoms with Gasteiger partial charge in [0.25, 0.3) is 0 Å². The maximum Gasteiger partial charge on any atom is 0.0637 e. The molecule has 1 unspecified atom stereocenters. The van der Waals surface area contributed by atoms with Crippen molar-refractivity contribution in [3.63, 3.8) is 0 Å². The van der Waals surface area contributed by atoms with Crippen LogP contribution in [0.1, 0.15) is 32.8 Å². The van der Waals surface area contributed by atoms with Gasteiger partial charge in [-0.3, -0.25) is 0 Å². The minimum Gasteiger partial charge on any atom is -0.379 e. The number of hydrogen-bond donors (Lipinski definition) is 1. The Labute approximate surface area is 126 Å². The molecule has 0 fully saturated rings. The van der Waals surface area contributed by atoms with Gasteiger partial charge in [0.05, 0.1) is 5.60 Å². The lowest BCUT2D eigenvalue weighted by atomic mass is 10.00. The van der Waals surface area contributed by atoms with Crippen molar-refractivity contribution in [1.29, 1.82) is 0 Å². The molecule has 1 aromatic rings. The minimum absolute atomic E-state index is 0.0929. The Morgan fingerprint density at radius 3 is 2.58 bits per heavy atom. The van der Waals surface area contributed by atoms with Crippen molar-refractivity contribution in [1.82, 2.24) is 5.32 Å². The fourth-order valence-electron chi connectivity index (χ4n) is 2.07. The Morgan fingerprint density at radius 2 is 2.00 bits per heavy atom. The minimum atomic E-state index is -0.0929. The van der Waals surface area contributed by atoms with E-state index in [0.29, 0.717) is 11.1 Å². The molecule has 0 aromatic heterocycles. The Morgan fingerprint density at radius 1 is 1.32 bits per heavy atom. The summed E-state index contributed by atoms with van der Waals surface area (Å²) in [4.78, 5) is 0. The molecule has 0 radical (unpaired) electrons. The summed E-state index contributed by atoms with van der Waals surface area (Å²) in [5.41, 5.74) is 1.03. The maximum atomic E-state index is 6.14. The zero-order chi connectivity index (χ0) is 14.5. The number of halogens is 2. The van der Waals surface area contributed by atoms with E-state index in [-0.39, 0.29) is 5.60 Å². The van der Waals surface area contributed by atoms with Crippen LogP contribution < -0.4 is 5.32 Å². The molecule has 0 spiro atoms. The second-order valence-electron chi connectivity index (χ2n) is 5.51. The van der Waals surface area contributed by atoms with E-state index in [1.807, 2.05) is 12.1 Å². The molecule has 1 aromatic carbocycles. The molecule has 108 valence electrons. The Bertz CT molecular complexity index is 407. The quantitative estimate of drug-likeness (QED) is 0.809. The fourth-order valence-corrected chi connectivity index (χ4v) is 2.57. The van der Waals surface area contributed by atoms with Crippen LogP contribution in [0.5, 0.6) is 0 Å². The highest BCUT2D eigenvalue weighted by atomic mass is 35.5. The SMILES string of the molecule is COC(C)(C)CC(C)NCCc1ccc(Cl)cc1Cl. The first-order valence-electron chi connectivity index (χ1n) is 6.56. The van der Waals surface area contributed by atoms with Crippen LogP contribution in [0.2, 0.25) is 10.0 Å². The van der Waals surface area contributed by atoms with E-state index in [4.69, 9.17) is 27.9 Å². The number of hydrogen-bond acceptors (Lipinski definition) is 2. The van der Waals surface area contributed by atoms with Gasteiger partial charge in [-0.05, 0) is 57.9 Å². The van der Waals surface area contributed by atoms with Crippen LogP contribution in [0.3, 0.4) is 0 Å². The molecule has 1 rings (SSSR count). The van der Waals surface area contributed by atoms with Crippen molar-refractivity contribution in [2.75, 3.05) is 13.7 Å². The van der Waals surface area contributed by atoms with Gasteiger partial charge in [-0.1, -0.05) is 29.3 Å². The van der Waals surface area contributed by atoms with E-state index < -0.39 is 0 Å². The highest BCUT2D eigenvalue weighted by Crippen LogP contribution is 2.21. The van der Waals surface area contributed by atoms with Gasteiger partial charge in [0, 0.05) is 23.2 Å². The first kappa shape index (κ1) is 16.8. The average Bonchev–Trinajstić information content (AvgIpc) is 2.31. The van der Waals surface area contributed by atoms with Crippen LogP contribution in [-0.2, 0) is 11.2 Å². The highest BCUT2D eigenvalue weighted by molar-refractivity contribution is 6.35. The van der Waals surface area contributed by atoms with E-state index in [0.717, 1.165) is 30.0 Å². The second kappa shape index (κ2) is 7.49. The van der Waals surface area contributed by atoms with Crippen LogP contribution in [0.15, 0.2) is 18.2 Å². The van der Waals surface area contributed by atoms with E-state index in [1.54, 1.807) is 13.2 Å². The largest absolute Gasteiger partial charge is 0.379 e. The zero-order valence-electron chi connectivity index (χ0n) is 12.1. The molecule has 0 saturated heterocycles. The molecule has 0 aliphatic rings. The van der Waals surface area contributed by atoms with E-state index in [9.17, 15) is 0 Å². The summed E-state index contributed by atoms with van der Waals surface area (Å²) in [6, 6.07) is 6.05. The summed E-state index contributed by atoms with van der Waals surface area (Å²) in [5, 5.41) is 4.90. The van der Waals surface area contributed by atoms with Gasteiger partial charge in [0.1, 0.15) is 0 Å². The van der Waals surface area contributed by atoms with Gasteiger partial charge in [0.15, 0.2) is 0 Å². The summed E-state index contributed by atoms with van der Waals surface area (Å²) in [6.45, 7) is 7.26. The molecular weight excluding hydrogens is 281 g/mol. The normalized spacial score (nSPS) is 13.6. The number of benzene rings is 1. The van der Waals surface area contributed by atoms with Crippen molar-refractivity contribution in [2.24, 2.45) is 0 Å². The summed E-state index contributed by atoms with van der Waals surface area (Å²) in [6.07, 6.45) is 1.87. The molecule has 0 aliphatic carbocycles. The van der Waals surface area contributed by atoms with Gasteiger partial charge < -0.3 is 10.1 Å². The van der Waals surface area contributed by atoms with Crippen LogP contribution in [0.4, 0.5) is 0 Å². The lowest BCUT2D eigenvalue weighted by Crippen LogP contribution is -2.36. The van der Waals surface area contributed by atoms with Crippen molar-refractivity contribution in [3.05, 3.63) is 33.8 Å². The number of rotatable bonds is 7. The van der Waals surface area contributed by atoms with Gasteiger partial charge in [-0.15, -0.1) is 0 Å². The molecule has 0 bridgehead atoms. The molecule has 19 heavy (non-hydrogen) atoms. The first-order chi connectivity index (χ1) is 8.84. The topological polar surface area (TPSA) is 21.3 Å².